The van der Waals surface area contributed by atoms with Crippen molar-refractivity contribution in [1.82, 2.24) is 15.2 Å². The van der Waals surface area contributed by atoms with Crippen LogP contribution < -0.4 is 9.47 Å². The Kier molecular flexibility index (Phi) is 8.11. The fourth-order valence-corrected chi connectivity index (χ4v) is 4.83. The van der Waals surface area contributed by atoms with E-state index in [-0.39, 0.29) is 15.7 Å². The van der Waals surface area contributed by atoms with Crippen molar-refractivity contribution in [2.45, 2.75) is 14.9 Å². The molecule has 1 aromatic heterocycles. The van der Waals surface area contributed by atoms with E-state index in [9.17, 15) is 20.0 Å². The zero-order chi connectivity index (χ0) is 26.4. The first-order chi connectivity index (χ1) is 17.9. The van der Waals surface area contributed by atoms with Gasteiger partial charge in [0.2, 0.25) is 5.16 Å². The number of methoxy groups -OCH3 is 2. The van der Waals surface area contributed by atoms with E-state index >= 15 is 0 Å². The number of aromatic amines is 1. The first-order valence-corrected chi connectivity index (χ1v) is 12.3. The molecule has 0 atom stereocenters. The van der Waals surface area contributed by atoms with Gasteiger partial charge in [-0.15, -0.1) is 5.10 Å². The molecule has 4 rings (SSSR count). The lowest BCUT2D eigenvalue weighted by molar-refractivity contribution is -0.384. The second-order valence-corrected chi connectivity index (χ2v) is 9.50. The maximum atomic E-state index is 12.1. The molecule has 2 N–H and O–H groups in total. The Hall–Kier alpha value is -4.29. The second-order valence-electron chi connectivity index (χ2n) is 7.38. The molecule has 0 aliphatic rings. The topological polar surface area (TPSA) is 140 Å². The molecule has 0 fully saturated rings. The van der Waals surface area contributed by atoms with Gasteiger partial charge in [-0.3, -0.25) is 15.2 Å². The summed E-state index contributed by atoms with van der Waals surface area (Å²) in [4.78, 5) is 28.8. The number of hydrogen-bond acceptors (Lipinski definition) is 9. The van der Waals surface area contributed by atoms with Gasteiger partial charge >= 0.3 is 5.97 Å². The first-order valence-electron chi connectivity index (χ1n) is 10.7. The largest absolute Gasteiger partial charge is 0.497 e. The van der Waals surface area contributed by atoms with Gasteiger partial charge in [-0.05, 0) is 53.7 Å². The molecule has 3 aromatic carbocycles. The fourth-order valence-electron chi connectivity index (χ4n) is 3.21. The number of non-ortho nitro benzene ring substituents is 1. The van der Waals surface area contributed by atoms with Gasteiger partial charge in [-0.1, -0.05) is 30.0 Å². The van der Waals surface area contributed by atoms with Crippen molar-refractivity contribution in [3.05, 3.63) is 87.3 Å². The number of aliphatic carboxylic acids is 1. The van der Waals surface area contributed by atoms with Crippen LogP contribution in [0.1, 0.15) is 5.56 Å². The Balaban J connectivity index is 1.67. The Morgan fingerprint density at radius 1 is 1.05 bits per heavy atom. The standard InChI is InChI=1S/C25H20N4O6S2/c1-34-18-11-16(12-19(14-18)35-2)23-26-25(28-27-23)37-22(24(30)31)13-15-10-17(29(32)33)8-9-21(15)36-20-6-4-3-5-7-20/h3-14H,1-2H3,(H,30,31)(H,26,27,28)/b22-13+. The third-order valence-electron chi connectivity index (χ3n) is 4.96. The molecule has 188 valence electrons. The molecule has 0 saturated carbocycles. The second kappa shape index (κ2) is 11.6. The van der Waals surface area contributed by atoms with Crippen molar-refractivity contribution in [2.75, 3.05) is 14.2 Å². The van der Waals surface area contributed by atoms with Gasteiger partial charge in [0.05, 0.1) is 19.1 Å². The van der Waals surface area contributed by atoms with Gasteiger partial charge in [0.15, 0.2) is 5.82 Å². The smallest absolute Gasteiger partial charge is 0.342 e. The zero-order valence-corrected chi connectivity index (χ0v) is 21.2. The lowest BCUT2D eigenvalue weighted by Gasteiger charge is -2.07. The molecule has 1 heterocycles. The minimum Gasteiger partial charge on any atom is -0.497 e. The molecule has 0 aliphatic carbocycles. The first kappa shape index (κ1) is 25.8. The van der Waals surface area contributed by atoms with Crippen LogP contribution in [0.4, 0.5) is 5.69 Å². The molecule has 0 radical (unpaired) electrons. The Morgan fingerprint density at radius 2 is 1.76 bits per heavy atom. The average Bonchev–Trinajstić information content (AvgIpc) is 3.38. The van der Waals surface area contributed by atoms with Gasteiger partial charge in [0.1, 0.15) is 16.4 Å². The highest BCUT2D eigenvalue weighted by molar-refractivity contribution is 8.04. The minimum atomic E-state index is -1.22. The monoisotopic (exact) mass is 536 g/mol. The normalized spacial score (nSPS) is 11.2. The van der Waals surface area contributed by atoms with Gasteiger partial charge in [-0.2, -0.15) is 0 Å². The number of H-pyrrole nitrogens is 1. The zero-order valence-electron chi connectivity index (χ0n) is 19.6. The molecule has 10 nitrogen and oxygen atoms in total. The van der Waals surface area contributed by atoms with Crippen LogP contribution in [-0.4, -0.2) is 45.4 Å². The Morgan fingerprint density at radius 3 is 2.38 bits per heavy atom. The minimum absolute atomic E-state index is 0.107. The molecule has 12 heteroatoms. The number of carboxylic acids is 1. The number of carbonyl (C=O) groups is 1. The number of aromatic nitrogens is 3. The molecule has 0 bridgehead atoms. The molecule has 0 aliphatic heterocycles. The number of nitro groups is 1. The number of nitrogens with zero attached hydrogens (tertiary/aromatic N) is 3. The summed E-state index contributed by atoms with van der Waals surface area (Å²) in [5, 5.41) is 28.3. The van der Waals surface area contributed by atoms with E-state index in [1.165, 1.54) is 44.2 Å². The van der Waals surface area contributed by atoms with Crippen LogP contribution in [0.15, 0.2) is 86.6 Å². The molecule has 0 saturated heterocycles. The van der Waals surface area contributed by atoms with E-state index in [1.54, 1.807) is 24.3 Å². The molecule has 4 aromatic rings. The van der Waals surface area contributed by atoms with Crippen LogP contribution in [0.2, 0.25) is 0 Å². The number of carboxylic acid groups (broad SMARTS) is 1. The number of nitrogens with one attached hydrogen (secondary N) is 1. The summed E-state index contributed by atoms with van der Waals surface area (Å²) < 4.78 is 10.6. The molecular weight excluding hydrogens is 516 g/mol. The summed E-state index contributed by atoms with van der Waals surface area (Å²) in [6.45, 7) is 0. The van der Waals surface area contributed by atoms with Crippen molar-refractivity contribution in [1.29, 1.82) is 0 Å². The van der Waals surface area contributed by atoms with E-state index < -0.39 is 10.9 Å². The van der Waals surface area contributed by atoms with Crippen molar-refractivity contribution < 1.29 is 24.3 Å². The number of nitro benzene ring substituents is 1. The summed E-state index contributed by atoms with van der Waals surface area (Å²) in [6.07, 6.45) is 1.38. The van der Waals surface area contributed by atoms with Crippen LogP contribution in [-0.2, 0) is 4.79 Å². The van der Waals surface area contributed by atoms with Crippen molar-refractivity contribution >= 4 is 41.3 Å². The van der Waals surface area contributed by atoms with Crippen molar-refractivity contribution in [3.8, 4) is 22.9 Å². The van der Waals surface area contributed by atoms with E-state index in [4.69, 9.17) is 9.47 Å². The molecule has 0 spiro atoms. The maximum absolute atomic E-state index is 12.1. The predicted molar refractivity (Wildman–Crippen MR) is 140 cm³/mol. The summed E-state index contributed by atoms with van der Waals surface area (Å²) in [7, 11) is 3.06. The van der Waals surface area contributed by atoms with Gasteiger partial charge in [0.25, 0.3) is 5.69 Å². The highest BCUT2D eigenvalue weighted by atomic mass is 32.2. The number of thioether (sulfide) groups is 1. The van der Waals surface area contributed by atoms with Crippen molar-refractivity contribution in [2.24, 2.45) is 0 Å². The van der Waals surface area contributed by atoms with Crippen molar-refractivity contribution in [3.63, 3.8) is 0 Å². The lowest BCUT2D eigenvalue weighted by Crippen LogP contribution is -1.98. The predicted octanol–water partition coefficient (Wildman–Crippen LogP) is 5.77. The molecular formula is C25H20N4O6S2. The van der Waals surface area contributed by atoms with E-state index in [2.05, 4.69) is 15.2 Å². The molecule has 0 unspecified atom stereocenters. The van der Waals surface area contributed by atoms with E-state index in [1.807, 2.05) is 30.3 Å². The van der Waals surface area contributed by atoms with E-state index in [0.29, 0.717) is 33.3 Å². The average molecular weight is 537 g/mol. The van der Waals surface area contributed by atoms with E-state index in [0.717, 1.165) is 16.7 Å². The van der Waals surface area contributed by atoms with Crippen LogP contribution in [0.25, 0.3) is 17.5 Å². The Bertz CT molecular complexity index is 1450. The molecule has 0 amide bonds. The SMILES string of the molecule is COc1cc(OC)cc(-c2nc(S/C(=C/c3cc([N+](=O)[O-])ccc3Sc3ccccc3)C(=O)O)n[nH]2)c1. The Labute approximate surface area is 219 Å². The number of benzene rings is 3. The quantitative estimate of drug-likeness (QED) is 0.111. The summed E-state index contributed by atoms with van der Waals surface area (Å²) in [5.41, 5.74) is 0.878. The number of hydrogen-bond donors (Lipinski definition) is 2. The highest BCUT2D eigenvalue weighted by Gasteiger charge is 2.18. The third-order valence-corrected chi connectivity index (χ3v) is 6.94. The third kappa shape index (κ3) is 6.48. The van der Waals surface area contributed by atoms with Gasteiger partial charge in [-0.25, -0.2) is 9.78 Å². The van der Waals surface area contributed by atoms with Gasteiger partial charge < -0.3 is 14.6 Å². The highest BCUT2D eigenvalue weighted by Crippen LogP contribution is 2.36. The number of rotatable bonds is 10. The van der Waals surface area contributed by atoms with Gasteiger partial charge in [0, 0.05) is 33.6 Å². The summed E-state index contributed by atoms with van der Waals surface area (Å²) >= 11 is 2.20. The van der Waals surface area contributed by atoms with Crippen LogP contribution in [0, 0.1) is 10.1 Å². The molecule has 37 heavy (non-hydrogen) atoms. The van der Waals surface area contributed by atoms with Crippen LogP contribution in [0.3, 0.4) is 0 Å². The fraction of sp³-hybridized carbons (Fsp3) is 0.0800. The number of ether oxygens (including phenoxy) is 2. The lowest BCUT2D eigenvalue weighted by atomic mass is 10.2. The summed E-state index contributed by atoms with van der Waals surface area (Å²) in [5.74, 6) is 0.280. The maximum Gasteiger partial charge on any atom is 0.342 e. The van der Waals surface area contributed by atoms with Crippen LogP contribution in [0.5, 0.6) is 11.5 Å². The summed E-state index contributed by atoms with van der Waals surface area (Å²) in [6, 6.07) is 19.0. The van der Waals surface area contributed by atoms with Crippen LogP contribution >= 0.6 is 23.5 Å².